The van der Waals surface area contributed by atoms with Crippen molar-refractivity contribution in [1.82, 2.24) is 9.80 Å². The molecular weight excluding hydrogens is 470 g/mol. The second-order valence-electron chi connectivity index (χ2n) is 10.4. The number of nitrogens with zero attached hydrogens (tertiary/aromatic N) is 3. The second kappa shape index (κ2) is 10.7. The fourth-order valence-electron chi connectivity index (χ4n) is 4.56. The number of hydrogen-bond acceptors (Lipinski definition) is 5. The van der Waals surface area contributed by atoms with Crippen molar-refractivity contribution in [2.24, 2.45) is 0 Å². The molecule has 4 amide bonds. The van der Waals surface area contributed by atoms with Gasteiger partial charge in [-0.25, -0.2) is 9.59 Å². The molecule has 1 fully saturated rings. The lowest BCUT2D eigenvalue weighted by Crippen LogP contribution is -2.52. The molecule has 8 nitrogen and oxygen atoms in total. The summed E-state index contributed by atoms with van der Waals surface area (Å²) in [4.78, 5) is 43.0. The largest absolute Gasteiger partial charge is 0.497 e. The summed E-state index contributed by atoms with van der Waals surface area (Å²) in [5, 5.41) is 0. The highest BCUT2D eigenvalue weighted by atomic mass is 16.6. The molecule has 0 aromatic heterocycles. The molecule has 0 saturated carbocycles. The van der Waals surface area contributed by atoms with E-state index >= 15 is 0 Å². The molecule has 2 aliphatic heterocycles. The van der Waals surface area contributed by atoms with Crippen LogP contribution in [0.25, 0.3) is 5.57 Å². The Kier molecular flexibility index (Phi) is 7.57. The molecule has 0 atom stereocenters. The van der Waals surface area contributed by atoms with E-state index in [-0.39, 0.29) is 31.0 Å². The van der Waals surface area contributed by atoms with Crippen LogP contribution in [0.15, 0.2) is 48.5 Å². The normalized spacial score (nSPS) is 16.6. The Morgan fingerprint density at radius 2 is 1.73 bits per heavy atom. The van der Waals surface area contributed by atoms with E-state index in [9.17, 15) is 14.4 Å². The van der Waals surface area contributed by atoms with E-state index in [0.717, 1.165) is 40.1 Å². The fourth-order valence-corrected chi connectivity index (χ4v) is 4.56. The Morgan fingerprint density at radius 1 is 1.00 bits per heavy atom. The van der Waals surface area contributed by atoms with Crippen LogP contribution in [0.3, 0.4) is 0 Å². The zero-order chi connectivity index (χ0) is 26.7. The average molecular weight is 506 g/mol. The number of carbonyl (C=O) groups is 3. The second-order valence-corrected chi connectivity index (χ2v) is 10.4. The predicted molar refractivity (Wildman–Crippen MR) is 142 cm³/mol. The maximum atomic E-state index is 13.3. The van der Waals surface area contributed by atoms with Gasteiger partial charge in [0.2, 0.25) is 5.91 Å². The van der Waals surface area contributed by atoms with Crippen LogP contribution in [0.1, 0.15) is 50.3 Å². The van der Waals surface area contributed by atoms with Crippen LogP contribution in [0.5, 0.6) is 5.75 Å². The van der Waals surface area contributed by atoms with Crippen LogP contribution in [-0.2, 0) is 16.1 Å². The van der Waals surface area contributed by atoms with Crippen LogP contribution >= 0.6 is 0 Å². The number of hydrogen-bond donors (Lipinski definition) is 0. The number of carbonyl (C=O) groups excluding carboxylic acids is 3. The minimum Gasteiger partial charge on any atom is -0.497 e. The molecular formula is C29H35N3O5. The van der Waals surface area contributed by atoms with Gasteiger partial charge in [0.15, 0.2) is 0 Å². The molecule has 8 heteroatoms. The number of aryl methyl sites for hydroxylation is 1. The number of amides is 4. The van der Waals surface area contributed by atoms with Crippen molar-refractivity contribution < 1.29 is 23.9 Å². The monoisotopic (exact) mass is 505 g/mol. The van der Waals surface area contributed by atoms with Crippen molar-refractivity contribution in [2.75, 3.05) is 31.6 Å². The zero-order valence-corrected chi connectivity index (χ0v) is 22.2. The van der Waals surface area contributed by atoms with Gasteiger partial charge < -0.3 is 14.4 Å². The molecule has 0 radical (unpaired) electrons. The minimum absolute atomic E-state index is 0.173. The lowest BCUT2D eigenvalue weighted by molar-refractivity contribution is -0.129. The van der Waals surface area contributed by atoms with Crippen LogP contribution in [0.2, 0.25) is 0 Å². The van der Waals surface area contributed by atoms with Crippen LogP contribution in [-0.4, -0.2) is 60.2 Å². The third-order valence-electron chi connectivity index (χ3n) is 6.53. The molecule has 196 valence electrons. The van der Waals surface area contributed by atoms with Gasteiger partial charge in [-0.3, -0.25) is 14.6 Å². The molecule has 2 aliphatic rings. The zero-order valence-electron chi connectivity index (χ0n) is 22.2. The van der Waals surface area contributed by atoms with Crippen LogP contribution < -0.4 is 9.64 Å². The number of imide groups is 1. The molecule has 2 heterocycles. The fraction of sp³-hybridized carbons (Fsp3) is 0.414. The summed E-state index contributed by atoms with van der Waals surface area (Å²) in [5.41, 5.74) is 4.33. The summed E-state index contributed by atoms with van der Waals surface area (Å²) in [7, 11) is 1.60. The number of benzene rings is 2. The van der Waals surface area contributed by atoms with Crippen molar-refractivity contribution in [1.29, 1.82) is 0 Å². The summed E-state index contributed by atoms with van der Waals surface area (Å²) in [6.45, 7) is 9.23. The first kappa shape index (κ1) is 26.3. The molecule has 2 aromatic rings. The molecule has 0 aliphatic carbocycles. The van der Waals surface area contributed by atoms with E-state index in [0.29, 0.717) is 19.6 Å². The maximum absolute atomic E-state index is 13.3. The van der Waals surface area contributed by atoms with E-state index in [2.05, 4.69) is 12.1 Å². The van der Waals surface area contributed by atoms with Gasteiger partial charge in [0.25, 0.3) is 0 Å². The molecule has 37 heavy (non-hydrogen) atoms. The first-order valence-electron chi connectivity index (χ1n) is 12.6. The van der Waals surface area contributed by atoms with Crippen LogP contribution in [0.4, 0.5) is 15.3 Å². The van der Waals surface area contributed by atoms with Crippen molar-refractivity contribution >= 4 is 29.3 Å². The van der Waals surface area contributed by atoms with Gasteiger partial charge in [0.05, 0.1) is 13.7 Å². The highest BCUT2D eigenvalue weighted by Gasteiger charge is 2.33. The maximum Gasteiger partial charge on any atom is 0.410 e. The molecule has 0 N–H and O–H groups in total. The van der Waals surface area contributed by atoms with Crippen LogP contribution in [0, 0.1) is 6.92 Å². The Hall–Kier alpha value is -3.81. The lowest BCUT2D eigenvalue weighted by Gasteiger charge is -2.35. The Labute approximate surface area is 218 Å². The minimum atomic E-state index is -0.519. The highest BCUT2D eigenvalue weighted by Crippen LogP contribution is 2.30. The summed E-state index contributed by atoms with van der Waals surface area (Å²) >= 11 is 0. The lowest BCUT2D eigenvalue weighted by atomic mass is 9.97. The first-order chi connectivity index (χ1) is 17.6. The van der Waals surface area contributed by atoms with E-state index in [4.69, 9.17) is 9.47 Å². The van der Waals surface area contributed by atoms with Gasteiger partial charge in [-0.1, -0.05) is 24.3 Å². The van der Waals surface area contributed by atoms with Crippen molar-refractivity contribution in [3.8, 4) is 5.75 Å². The van der Waals surface area contributed by atoms with Gasteiger partial charge in [-0.15, -0.1) is 0 Å². The van der Waals surface area contributed by atoms with Crippen molar-refractivity contribution in [3.05, 3.63) is 65.2 Å². The van der Waals surface area contributed by atoms with Crippen molar-refractivity contribution in [3.63, 3.8) is 0 Å². The third kappa shape index (κ3) is 6.13. The topological polar surface area (TPSA) is 79.4 Å². The number of ether oxygens (including phenoxy) is 2. The van der Waals surface area contributed by atoms with Gasteiger partial charge in [-0.05, 0) is 80.6 Å². The quantitative estimate of drug-likeness (QED) is 0.545. The standard InChI is InChI=1S/C29H35N3O5/c1-20-18-23(22-12-15-30(16-13-22)28(35)37-29(2,3)4)8-11-25(20)31-17-14-26(33)32(27(31)34)19-21-6-9-24(36-5)10-7-21/h6-12,18H,13-17,19H2,1-5H3. The molecule has 4 rings (SSSR count). The summed E-state index contributed by atoms with van der Waals surface area (Å²) in [6, 6.07) is 13.1. The molecule has 0 unspecified atom stereocenters. The Balaban J connectivity index is 1.46. The number of methoxy groups -OCH3 is 1. The van der Waals surface area contributed by atoms with E-state index in [1.54, 1.807) is 16.9 Å². The summed E-state index contributed by atoms with van der Waals surface area (Å²) in [5.74, 6) is 0.552. The van der Waals surface area contributed by atoms with E-state index in [1.807, 2.05) is 64.1 Å². The molecule has 1 saturated heterocycles. The van der Waals surface area contributed by atoms with E-state index < -0.39 is 5.60 Å². The smallest absolute Gasteiger partial charge is 0.410 e. The van der Waals surface area contributed by atoms with Gasteiger partial charge in [0, 0.05) is 31.7 Å². The molecule has 0 bridgehead atoms. The number of rotatable bonds is 5. The van der Waals surface area contributed by atoms with Gasteiger partial charge in [-0.2, -0.15) is 0 Å². The predicted octanol–water partition coefficient (Wildman–Crippen LogP) is 5.39. The SMILES string of the molecule is COc1ccc(CN2C(=O)CCN(c3ccc(C4=CCN(C(=O)OC(C)(C)C)CC4)cc3C)C2=O)cc1. The van der Waals surface area contributed by atoms with Gasteiger partial charge in [0.1, 0.15) is 11.4 Å². The third-order valence-corrected chi connectivity index (χ3v) is 6.53. The summed E-state index contributed by atoms with van der Waals surface area (Å²) in [6.07, 6.45) is 2.76. The van der Waals surface area contributed by atoms with E-state index in [1.165, 1.54) is 4.90 Å². The van der Waals surface area contributed by atoms with Crippen molar-refractivity contribution in [2.45, 2.75) is 52.7 Å². The summed E-state index contributed by atoms with van der Waals surface area (Å²) < 4.78 is 10.7. The highest BCUT2D eigenvalue weighted by molar-refractivity contribution is 6.06. The Bertz CT molecular complexity index is 1210. The Morgan fingerprint density at radius 3 is 2.32 bits per heavy atom. The average Bonchev–Trinajstić information content (AvgIpc) is 2.86. The number of urea groups is 1. The molecule has 0 spiro atoms. The number of anilines is 1. The first-order valence-corrected chi connectivity index (χ1v) is 12.6. The molecule has 2 aromatic carbocycles. The van der Waals surface area contributed by atoms with Gasteiger partial charge >= 0.3 is 12.1 Å².